The summed E-state index contributed by atoms with van der Waals surface area (Å²) >= 11 is 0. The van der Waals surface area contributed by atoms with Crippen LogP contribution in [0.5, 0.6) is 11.5 Å². The van der Waals surface area contributed by atoms with E-state index in [1.165, 1.54) is 51.5 Å². The Morgan fingerprint density at radius 2 is 1.65 bits per heavy atom. The molecule has 0 saturated heterocycles. The molecule has 0 atom stereocenters. The molecule has 0 fully saturated rings. The summed E-state index contributed by atoms with van der Waals surface area (Å²) in [6.07, 6.45) is 3.06. The highest BCUT2D eigenvalue weighted by molar-refractivity contribution is 7.89. The van der Waals surface area contributed by atoms with Crippen molar-refractivity contribution in [2.75, 3.05) is 28.3 Å². The molecule has 138 valence electrons. The van der Waals surface area contributed by atoms with Crippen LogP contribution in [-0.2, 0) is 10.0 Å². The van der Waals surface area contributed by atoms with Crippen LogP contribution >= 0.6 is 0 Å². The van der Waals surface area contributed by atoms with Gasteiger partial charge in [-0.3, -0.25) is 4.79 Å². The molecule has 7 heteroatoms. The van der Waals surface area contributed by atoms with Crippen molar-refractivity contribution in [2.45, 2.75) is 4.90 Å². The smallest absolute Gasteiger partial charge is 0.242 e. The van der Waals surface area contributed by atoms with Crippen LogP contribution in [0.1, 0.15) is 15.9 Å². The summed E-state index contributed by atoms with van der Waals surface area (Å²) in [7, 11) is 2.50. The highest BCUT2D eigenvalue weighted by atomic mass is 32.2. The molecular formula is C19H21NO5S. The highest BCUT2D eigenvalue weighted by Gasteiger charge is 2.17. The number of hydrogen-bond donors (Lipinski definition) is 0. The number of methoxy groups -OCH3 is 2. The molecule has 0 amide bonds. The molecular weight excluding hydrogens is 354 g/mol. The van der Waals surface area contributed by atoms with Crippen molar-refractivity contribution in [1.29, 1.82) is 0 Å². The summed E-state index contributed by atoms with van der Waals surface area (Å²) in [6, 6.07) is 11.1. The zero-order chi connectivity index (χ0) is 19.3. The van der Waals surface area contributed by atoms with E-state index in [0.29, 0.717) is 17.1 Å². The van der Waals surface area contributed by atoms with Crippen LogP contribution in [0.25, 0.3) is 6.08 Å². The van der Waals surface area contributed by atoms with E-state index in [1.54, 1.807) is 31.4 Å². The number of nitrogens with zero attached hydrogens (tertiary/aromatic N) is 1. The van der Waals surface area contributed by atoms with Crippen LogP contribution in [-0.4, -0.2) is 46.8 Å². The summed E-state index contributed by atoms with van der Waals surface area (Å²) < 4.78 is 35.6. The van der Waals surface area contributed by atoms with Gasteiger partial charge in [0.2, 0.25) is 10.0 Å². The molecule has 2 rings (SSSR count). The fraction of sp³-hybridized carbons (Fsp3) is 0.211. The van der Waals surface area contributed by atoms with Crippen LogP contribution < -0.4 is 9.47 Å². The second kappa shape index (κ2) is 8.16. The Kier molecular flexibility index (Phi) is 6.18. The van der Waals surface area contributed by atoms with Crippen molar-refractivity contribution in [3.05, 3.63) is 59.7 Å². The van der Waals surface area contributed by atoms with E-state index in [-0.39, 0.29) is 10.7 Å². The van der Waals surface area contributed by atoms with Crippen molar-refractivity contribution in [3.63, 3.8) is 0 Å². The zero-order valence-electron chi connectivity index (χ0n) is 15.1. The lowest BCUT2D eigenvalue weighted by molar-refractivity contribution is 0.104. The molecule has 0 radical (unpaired) electrons. The van der Waals surface area contributed by atoms with E-state index in [0.717, 1.165) is 9.87 Å². The number of ketones is 1. The maximum absolute atomic E-state index is 12.3. The third-order valence-electron chi connectivity index (χ3n) is 3.77. The van der Waals surface area contributed by atoms with Crippen LogP contribution in [0, 0.1) is 0 Å². The molecule has 0 aliphatic rings. The first-order valence-corrected chi connectivity index (χ1v) is 9.20. The zero-order valence-corrected chi connectivity index (χ0v) is 15.9. The third-order valence-corrected chi connectivity index (χ3v) is 5.60. The number of carbonyl (C=O) groups is 1. The summed E-state index contributed by atoms with van der Waals surface area (Å²) in [5.74, 6) is 1.00. The first kappa shape index (κ1) is 19.7. The summed E-state index contributed by atoms with van der Waals surface area (Å²) in [5.41, 5.74) is 1.12. The van der Waals surface area contributed by atoms with E-state index >= 15 is 0 Å². The molecule has 0 aliphatic carbocycles. The number of benzene rings is 2. The Bertz CT molecular complexity index is 915. The van der Waals surface area contributed by atoms with Gasteiger partial charge in [0.25, 0.3) is 0 Å². The standard InChI is InChI=1S/C19H21NO5S/c1-20(2)26(22,23)17-10-6-14(7-11-17)18(21)12-8-15-5-9-16(24-3)13-19(15)25-4/h5-13H,1-4H3. The summed E-state index contributed by atoms with van der Waals surface area (Å²) in [4.78, 5) is 12.5. The molecule has 0 heterocycles. The van der Waals surface area contributed by atoms with E-state index in [9.17, 15) is 13.2 Å². The van der Waals surface area contributed by atoms with Crippen LogP contribution in [0.15, 0.2) is 53.4 Å². The maximum atomic E-state index is 12.3. The van der Waals surface area contributed by atoms with Crippen molar-refractivity contribution in [2.24, 2.45) is 0 Å². The van der Waals surface area contributed by atoms with Gasteiger partial charge in [0.1, 0.15) is 11.5 Å². The van der Waals surface area contributed by atoms with Crippen LogP contribution in [0.2, 0.25) is 0 Å². The Balaban J connectivity index is 2.21. The SMILES string of the molecule is COc1ccc(C=CC(=O)c2ccc(S(=O)(=O)N(C)C)cc2)c(OC)c1. The second-order valence-electron chi connectivity index (χ2n) is 5.62. The monoisotopic (exact) mass is 375 g/mol. The highest BCUT2D eigenvalue weighted by Crippen LogP contribution is 2.25. The van der Waals surface area contributed by atoms with Gasteiger partial charge in [-0.15, -0.1) is 0 Å². The minimum absolute atomic E-state index is 0.139. The molecule has 26 heavy (non-hydrogen) atoms. The normalized spacial score (nSPS) is 11.7. The fourth-order valence-corrected chi connectivity index (χ4v) is 3.12. The largest absolute Gasteiger partial charge is 0.497 e. The first-order valence-electron chi connectivity index (χ1n) is 7.76. The van der Waals surface area contributed by atoms with Gasteiger partial charge in [0.05, 0.1) is 19.1 Å². The average Bonchev–Trinajstić information content (AvgIpc) is 2.65. The van der Waals surface area contributed by atoms with Crippen molar-refractivity contribution >= 4 is 21.9 Å². The van der Waals surface area contributed by atoms with Crippen LogP contribution in [0.4, 0.5) is 0 Å². The lowest BCUT2D eigenvalue weighted by Crippen LogP contribution is -2.22. The number of allylic oxidation sites excluding steroid dienone is 1. The van der Waals surface area contributed by atoms with Gasteiger partial charge >= 0.3 is 0 Å². The molecule has 0 aliphatic heterocycles. The Hall–Kier alpha value is -2.64. The number of carbonyl (C=O) groups excluding carboxylic acids is 1. The molecule has 0 spiro atoms. The maximum Gasteiger partial charge on any atom is 0.242 e. The summed E-state index contributed by atoms with van der Waals surface area (Å²) in [6.45, 7) is 0. The second-order valence-corrected chi connectivity index (χ2v) is 7.77. The Labute approximate surface area is 153 Å². The van der Waals surface area contributed by atoms with Gasteiger partial charge in [-0.25, -0.2) is 12.7 Å². The minimum atomic E-state index is -3.51. The summed E-state index contributed by atoms with van der Waals surface area (Å²) in [5, 5.41) is 0. The van der Waals surface area contributed by atoms with Gasteiger partial charge in [-0.1, -0.05) is 0 Å². The first-order chi connectivity index (χ1) is 12.3. The molecule has 0 unspecified atom stereocenters. The quantitative estimate of drug-likeness (QED) is 0.550. The topological polar surface area (TPSA) is 72.9 Å². The van der Waals surface area contributed by atoms with Gasteiger partial charge in [-0.05, 0) is 48.6 Å². The lowest BCUT2D eigenvalue weighted by atomic mass is 10.1. The van der Waals surface area contributed by atoms with Gasteiger partial charge < -0.3 is 9.47 Å². The van der Waals surface area contributed by atoms with Gasteiger partial charge in [0.15, 0.2) is 5.78 Å². The van der Waals surface area contributed by atoms with E-state index in [1.807, 2.05) is 0 Å². The van der Waals surface area contributed by atoms with Gasteiger partial charge in [-0.2, -0.15) is 0 Å². The molecule has 6 nitrogen and oxygen atoms in total. The Morgan fingerprint density at radius 3 is 2.19 bits per heavy atom. The molecule has 0 N–H and O–H groups in total. The minimum Gasteiger partial charge on any atom is -0.497 e. The number of hydrogen-bond acceptors (Lipinski definition) is 5. The predicted molar refractivity (Wildman–Crippen MR) is 100 cm³/mol. The number of ether oxygens (including phenoxy) is 2. The van der Waals surface area contributed by atoms with Crippen LogP contribution in [0.3, 0.4) is 0 Å². The van der Waals surface area contributed by atoms with Crippen molar-refractivity contribution in [3.8, 4) is 11.5 Å². The van der Waals surface area contributed by atoms with Gasteiger partial charge in [0, 0.05) is 31.3 Å². The molecule has 0 saturated carbocycles. The van der Waals surface area contributed by atoms with Crippen molar-refractivity contribution < 1.29 is 22.7 Å². The lowest BCUT2D eigenvalue weighted by Gasteiger charge is -2.11. The predicted octanol–water partition coefficient (Wildman–Crippen LogP) is 2.85. The third kappa shape index (κ3) is 4.30. The fourth-order valence-electron chi connectivity index (χ4n) is 2.22. The van der Waals surface area contributed by atoms with Crippen molar-refractivity contribution in [1.82, 2.24) is 4.31 Å². The number of rotatable bonds is 7. The molecule has 2 aromatic carbocycles. The van der Waals surface area contributed by atoms with E-state index < -0.39 is 10.0 Å². The molecule has 2 aromatic rings. The van der Waals surface area contributed by atoms with E-state index in [2.05, 4.69) is 0 Å². The Morgan fingerprint density at radius 1 is 1.00 bits per heavy atom. The average molecular weight is 375 g/mol. The van der Waals surface area contributed by atoms with E-state index in [4.69, 9.17) is 9.47 Å². The number of sulfonamides is 1. The molecule has 0 bridgehead atoms. The molecule has 0 aromatic heterocycles.